The standard InChI is InChI=1S/C48H30N2/c1-2-10-38-31(7-1)15-16-32-17-18-34(27-44(32)38)30-19-21-35(22-20-30)50(37-24-26-41-40-11-3-4-14-46(40)49-47(41)29-37)36-23-25-39-42-12-5-8-33-9-6-13-43(48(33)42)45(39)28-36/h1-29,49H. The fourth-order valence-corrected chi connectivity index (χ4v) is 8.33. The molecule has 9 aromatic carbocycles. The van der Waals surface area contributed by atoms with E-state index in [2.05, 4.69) is 186 Å². The number of anilines is 3. The molecule has 0 aliphatic heterocycles. The molecule has 0 fully saturated rings. The van der Waals surface area contributed by atoms with Gasteiger partial charge in [-0.05, 0) is 114 Å². The maximum Gasteiger partial charge on any atom is 0.0485 e. The van der Waals surface area contributed by atoms with Gasteiger partial charge in [0.1, 0.15) is 0 Å². The van der Waals surface area contributed by atoms with E-state index in [1.54, 1.807) is 0 Å². The highest BCUT2D eigenvalue weighted by molar-refractivity contribution is 6.16. The molecular weight excluding hydrogens is 605 g/mol. The summed E-state index contributed by atoms with van der Waals surface area (Å²) in [7, 11) is 0. The van der Waals surface area contributed by atoms with Gasteiger partial charge in [-0.1, -0.05) is 127 Å². The first-order valence-corrected chi connectivity index (χ1v) is 17.3. The molecule has 0 unspecified atom stereocenters. The number of benzene rings is 9. The number of para-hydroxylation sites is 1. The Bertz CT molecular complexity index is 2980. The first kappa shape index (κ1) is 27.3. The zero-order valence-corrected chi connectivity index (χ0v) is 27.2. The molecule has 1 aliphatic carbocycles. The van der Waals surface area contributed by atoms with Gasteiger partial charge in [0.2, 0.25) is 0 Å². The Morgan fingerprint density at radius 1 is 0.320 bits per heavy atom. The molecule has 1 aromatic heterocycles. The summed E-state index contributed by atoms with van der Waals surface area (Å²) in [5, 5.41) is 10.2. The SMILES string of the molecule is c1cc2c3c(cccc3c1)-c1cc(N(c3ccc(-c4ccc5ccc6ccccc6c5c4)cc3)c3ccc4c(c3)[nH]c3ccccc34)ccc1-2. The predicted octanol–water partition coefficient (Wildman–Crippen LogP) is 13.6. The molecule has 10 aromatic rings. The second-order valence-electron chi connectivity index (χ2n) is 13.4. The minimum Gasteiger partial charge on any atom is -0.354 e. The van der Waals surface area contributed by atoms with E-state index in [9.17, 15) is 0 Å². The van der Waals surface area contributed by atoms with E-state index in [1.807, 2.05) is 0 Å². The fraction of sp³-hybridized carbons (Fsp3) is 0. The summed E-state index contributed by atoms with van der Waals surface area (Å²) in [6.07, 6.45) is 0. The number of nitrogens with one attached hydrogen (secondary N) is 1. The van der Waals surface area contributed by atoms with Crippen LogP contribution in [0.15, 0.2) is 176 Å². The lowest BCUT2D eigenvalue weighted by Crippen LogP contribution is -2.10. The average molecular weight is 635 g/mol. The van der Waals surface area contributed by atoms with Crippen LogP contribution in [0, 0.1) is 0 Å². The van der Waals surface area contributed by atoms with E-state index in [0.717, 1.165) is 28.1 Å². The highest BCUT2D eigenvalue weighted by Crippen LogP contribution is 2.49. The number of hydrogen-bond donors (Lipinski definition) is 1. The highest BCUT2D eigenvalue weighted by atomic mass is 15.1. The Balaban J connectivity index is 1.07. The van der Waals surface area contributed by atoms with Crippen LogP contribution in [0.3, 0.4) is 0 Å². The van der Waals surface area contributed by atoms with Gasteiger partial charge in [-0.2, -0.15) is 0 Å². The van der Waals surface area contributed by atoms with Gasteiger partial charge in [-0.25, -0.2) is 0 Å². The van der Waals surface area contributed by atoms with Crippen LogP contribution in [-0.2, 0) is 0 Å². The van der Waals surface area contributed by atoms with Gasteiger partial charge in [-0.15, -0.1) is 0 Å². The summed E-state index contributed by atoms with van der Waals surface area (Å²) in [6, 6.07) is 64.6. The highest BCUT2D eigenvalue weighted by Gasteiger charge is 2.23. The Hall–Kier alpha value is -6.64. The van der Waals surface area contributed by atoms with Crippen molar-refractivity contribution in [2.45, 2.75) is 0 Å². The van der Waals surface area contributed by atoms with Crippen LogP contribution in [0.2, 0.25) is 0 Å². The average Bonchev–Trinajstić information content (AvgIpc) is 3.71. The zero-order chi connectivity index (χ0) is 32.8. The van der Waals surface area contributed by atoms with Crippen molar-refractivity contribution in [2.75, 3.05) is 4.90 Å². The minimum atomic E-state index is 1.11. The van der Waals surface area contributed by atoms with E-state index in [1.165, 1.54) is 76.5 Å². The predicted molar refractivity (Wildman–Crippen MR) is 213 cm³/mol. The van der Waals surface area contributed by atoms with Crippen molar-refractivity contribution >= 4 is 71.2 Å². The molecule has 0 bridgehead atoms. The second kappa shape index (κ2) is 10.4. The lowest BCUT2D eigenvalue weighted by Gasteiger charge is -2.26. The van der Waals surface area contributed by atoms with Gasteiger partial charge >= 0.3 is 0 Å². The minimum absolute atomic E-state index is 1.11. The summed E-state index contributed by atoms with van der Waals surface area (Å²) in [5.74, 6) is 0. The number of nitrogens with zero attached hydrogens (tertiary/aromatic N) is 1. The topological polar surface area (TPSA) is 19.0 Å². The molecule has 0 spiro atoms. The summed E-state index contributed by atoms with van der Waals surface area (Å²) in [4.78, 5) is 6.07. The van der Waals surface area contributed by atoms with E-state index in [0.29, 0.717) is 0 Å². The Morgan fingerprint density at radius 3 is 1.80 bits per heavy atom. The molecule has 0 radical (unpaired) electrons. The molecule has 0 atom stereocenters. The number of H-pyrrole nitrogens is 1. The molecule has 0 saturated carbocycles. The van der Waals surface area contributed by atoms with Crippen molar-refractivity contribution in [1.29, 1.82) is 0 Å². The molecule has 0 saturated heterocycles. The van der Waals surface area contributed by atoms with Crippen LogP contribution in [0.1, 0.15) is 0 Å². The smallest absolute Gasteiger partial charge is 0.0485 e. The van der Waals surface area contributed by atoms with Crippen molar-refractivity contribution in [3.63, 3.8) is 0 Å². The monoisotopic (exact) mass is 634 g/mol. The largest absolute Gasteiger partial charge is 0.354 e. The normalized spacial score (nSPS) is 12.0. The van der Waals surface area contributed by atoms with E-state index in [4.69, 9.17) is 0 Å². The maximum absolute atomic E-state index is 3.67. The third-order valence-corrected chi connectivity index (χ3v) is 10.7. The summed E-state index contributed by atoms with van der Waals surface area (Å²) >= 11 is 0. The molecule has 1 N–H and O–H groups in total. The summed E-state index contributed by atoms with van der Waals surface area (Å²) < 4.78 is 0. The van der Waals surface area contributed by atoms with Crippen LogP contribution in [0.25, 0.3) is 87.5 Å². The van der Waals surface area contributed by atoms with Gasteiger partial charge in [0.15, 0.2) is 0 Å². The Morgan fingerprint density at radius 2 is 0.940 bits per heavy atom. The molecule has 1 aliphatic rings. The van der Waals surface area contributed by atoms with Gasteiger partial charge in [0.05, 0.1) is 0 Å². The molecule has 232 valence electrons. The Labute approximate surface area is 289 Å². The number of rotatable bonds is 4. The number of hydrogen-bond acceptors (Lipinski definition) is 1. The summed E-state index contributed by atoms with van der Waals surface area (Å²) in [6.45, 7) is 0. The first-order valence-electron chi connectivity index (χ1n) is 17.3. The molecule has 1 heterocycles. The van der Waals surface area contributed by atoms with Crippen molar-refractivity contribution in [3.8, 4) is 33.4 Å². The molecular formula is C48H30N2. The summed E-state index contributed by atoms with van der Waals surface area (Å²) in [5.41, 5.74) is 13.3. The Kier molecular flexibility index (Phi) is 5.70. The van der Waals surface area contributed by atoms with Crippen LogP contribution in [0.5, 0.6) is 0 Å². The van der Waals surface area contributed by atoms with Crippen molar-refractivity contribution in [3.05, 3.63) is 176 Å². The number of aromatic amines is 1. The third kappa shape index (κ3) is 4.03. The van der Waals surface area contributed by atoms with Crippen molar-refractivity contribution in [2.24, 2.45) is 0 Å². The van der Waals surface area contributed by atoms with Crippen LogP contribution in [0.4, 0.5) is 17.1 Å². The lowest BCUT2D eigenvalue weighted by molar-refractivity contribution is 1.29. The lowest BCUT2D eigenvalue weighted by atomic mass is 9.97. The quantitative estimate of drug-likeness (QED) is 0.191. The van der Waals surface area contributed by atoms with E-state index in [-0.39, 0.29) is 0 Å². The number of fused-ring (bicyclic) bond motifs is 9. The number of aromatic nitrogens is 1. The van der Waals surface area contributed by atoms with Crippen molar-refractivity contribution < 1.29 is 0 Å². The molecule has 2 nitrogen and oxygen atoms in total. The van der Waals surface area contributed by atoms with Crippen LogP contribution in [-0.4, -0.2) is 4.98 Å². The second-order valence-corrected chi connectivity index (χ2v) is 13.4. The van der Waals surface area contributed by atoms with Crippen LogP contribution < -0.4 is 4.90 Å². The first-order chi connectivity index (χ1) is 24.8. The maximum atomic E-state index is 3.67. The third-order valence-electron chi connectivity index (χ3n) is 10.7. The van der Waals surface area contributed by atoms with Gasteiger partial charge in [0.25, 0.3) is 0 Å². The molecule has 11 rings (SSSR count). The molecule has 2 heteroatoms. The van der Waals surface area contributed by atoms with Gasteiger partial charge < -0.3 is 9.88 Å². The fourth-order valence-electron chi connectivity index (χ4n) is 8.33. The van der Waals surface area contributed by atoms with Crippen molar-refractivity contribution in [1.82, 2.24) is 4.98 Å². The van der Waals surface area contributed by atoms with Gasteiger partial charge in [-0.3, -0.25) is 0 Å². The van der Waals surface area contributed by atoms with E-state index >= 15 is 0 Å². The van der Waals surface area contributed by atoms with Gasteiger partial charge in [0, 0.05) is 38.9 Å². The van der Waals surface area contributed by atoms with Crippen LogP contribution >= 0.6 is 0 Å². The zero-order valence-electron chi connectivity index (χ0n) is 27.2. The van der Waals surface area contributed by atoms with E-state index < -0.39 is 0 Å². The molecule has 50 heavy (non-hydrogen) atoms. The molecule has 0 amide bonds.